The zero-order valence-corrected chi connectivity index (χ0v) is 29.7. The zero-order valence-electron chi connectivity index (χ0n) is 27.3. The van der Waals surface area contributed by atoms with E-state index in [2.05, 4.69) is 5.32 Å². The fourth-order valence-electron chi connectivity index (χ4n) is 5.17. The minimum Gasteiger partial charge on any atom is -0.352 e. The molecule has 248 valence electrons. The number of amides is 2. The largest absolute Gasteiger partial charge is 0.352 e. The van der Waals surface area contributed by atoms with E-state index in [1.54, 1.807) is 48.5 Å². The second-order valence-corrected chi connectivity index (χ2v) is 14.6. The highest BCUT2D eigenvalue weighted by Gasteiger charge is 2.35. The first-order valence-corrected chi connectivity index (χ1v) is 17.7. The smallest absolute Gasteiger partial charge is 0.264 e. The van der Waals surface area contributed by atoms with E-state index < -0.39 is 28.5 Å². The van der Waals surface area contributed by atoms with Crippen molar-refractivity contribution in [3.8, 4) is 0 Å². The van der Waals surface area contributed by atoms with Gasteiger partial charge in [0.1, 0.15) is 12.6 Å². The molecule has 2 atom stereocenters. The van der Waals surface area contributed by atoms with Crippen LogP contribution >= 0.6 is 23.2 Å². The summed E-state index contributed by atoms with van der Waals surface area (Å²) in [5.41, 5.74) is 4.30. The summed E-state index contributed by atoms with van der Waals surface area (Å²) in [6.45, 7) is 8.87. The number of anilines is 1. The molecule has 0 heterocycles. The van der Waals surface area contributed by atoms with Gasteiger partial charge < -0.3 is 10.2 Å². The van der Waals surface area contributed by atoms with Crippen molar-refractivity contribution in [2.45, 2.75) is 71.0 Å². The molecule has 10 heteroatoms. The minimum absolute atomic E-state index is 0.00757. The first kappa shape index (κ1) is 36.0. The van der Waals surface area contributed by atoms with Crippen molar-refractivity contribution in [1.82, 2.24) is 10.2 Å². The molecule has 0 saturated carbocycles. The average molecular weight is 695 g/mol. The van der Waals surface area contributed by atoms with Gasteiger partial charge in [0.05, 0.1) is 20.6 Å². The third-order valence-corrected chi connectivity index (χ3v) is 10.6. The Bertz CT molecular complexity index is 1820. The second-order valence-electron chi connectivity index (χ2n) is 11.9. The van der Waals surface area contributed by atoms with Crippen molar-refractivity contribution in [1.29, 1.82) is 0 Å². The Labute approximate surface area is 288 Å². The van der Waals surface area contributed by atoms with Crippen LogP contribution in [0, 0.1) is 20.8 Å². The van der Waals surface area contributed by atoms with Crippen LogP contribution in [0.15, 0.2) is 95.9 Å². The van der Waals surface area contributed by atoms with Gasteiger partial charge in [-0.05, 0) is 86.7 Å². The number of sulfonamides is 1. The number of halogens is 2. The number of nitrogens with zero attached hydrogens (tertiary/aromatic N) is 2. The molecule has 0 saturated heterocycles. The summed E-state index contributed by atoms with van der Waals surface area (Å²) in [6.07, 6.45) is 0.907. The molecule has 0 fully saturated rings. The number of hydrogen-bond acceptors (Lipinski definition) is 4. The van der Waals surface area contributed by atoms with Gasteiger partial charge in [0.25, 0.3) is 10.0 Å². The Kier molecular flexibility index (Phi) is 12.1. The van der Waals surface area contributed by atoms with E-state index in [1.807, 2.05) is 77.1 Å². The van der Waals surface area contributed by atoms with Gasteiger partial charge in [-0.15, -0.1) is 0 Å². The predicted octanol–water partition coefficient (Wildman–Crippen LogP) is 7.67. The molecule has 0 aliphatic carbocycles. The van der Waals surface area contributed by atoms with Crippen LogP contribution in [-0.2, 0) is 32.6 Å². The normalized spacial score (nSPS) is 12.7. The van der Waals surface area contributed by atoms with Crippen molar-refractivity contribution in [2.24, 2.45) is 0 Å². The fraction of sp³-hybridized carbons (Fsp3) is 0.297. The highest BCUT2D eigenvalue weighted by Crippen LogP contribution is 2.30. The third-order valence-electron chi connectivity index (χ3n) is 8.13. The van der Waals surface area contributed by atoms with Gasteiger partial charge in [-0.2, -0.15) is 0 Å². The molecule has 4 rings (SSSR count). The van der Waals surface area contributed by atoms with Crippen LogP contribution in [0.4, 0.5) is 5.69 Å². The number of hydrogen-bond donors (Lipinski definition) is 1. The molecule has 0 spiro atoms. The number of nitrogens with one attached hydrogen (secondary N) is 1. The van der Waals surface area contributed by atoms with Crippen molar-refractivity contribution < 1.29 is 18.0 Å². The van der Waals surface area contributed by atoms with Crippen LogP contribution < -0.4 is 9.62 Å². The molecule has 0 radical (unpaired) electrons. The maximum absolute atomic E-state index is 14.7. The molecule has 4 aromatic rings. The molecule has 1 N–H and O–H groups in total. The number of benzene rings is 4. The summed E-state index contributed by atoms with van der Waals surface area (Å²) >= 11 is 12.6. The van der Waals surface area contributed by atoms with Crippen LogP contribution in [-0.4, -0.2) is 43.8 Å². The number of carbonyl (C=O) groups is 2. The SMILES string of the molecule is CC[C@H](C)NC(=O)[C@@H](Cc1ccccc1)N(Cc1ccc(Cl)c(Cl)c1)C(=O)CN(c1cc(C)ccc1C)S(=O)(=O)c1ccc(C)cc1. The maximum Gasteiger partial charge on any atom is 0.264 e. The lowest BCUT2D eigenvalue weighted by Crippen LogP contribution is -2.54. The Morgan fingerprint density at radius 3 is 2.11 bits per heavy atom. The van der Waals surface area contributed by atoms with Crippen molar-refractivity contribution >= 4 is 50.7 Å². The standard InChI is InChI=1S/C37H41Cl2N3O4S/c1-6-28(5)40-37(44)35(22-29-10-8-7-9-11-29)41(23-30-16-19-32(38)33(39)21-30)36(43)24-42(34-20-26(3)12-15-27(34)4)47(45,46)31-17-13-25(2)14-18-31/h7-21,28,35H,6,22-24H2,1-5H3,(H,40,44)/t28-,35+/m0/s1. The van der Waals surface area contributed by atoms with E-state index in [-0.39, 0.29) is 29.8 Å². The van der Waals surface area contributed by atoms with E-state index in [9.17, 15) is 18.0 Å². The monoisotopic (exact) mass is 693 g/mol. The van der Waals surface area contributed by atoms with Gasteiger partial charge in [-0.1, -0.05) is 96.4 Å². The molecule has 7 nitrogen and oxygen atoms in total. The van der Waals surface area contributed by atoms with Crippen LogP contribution in [0.25, 0.3) is 0 Å². The Balaban J connectivity index is 1.85. The van der Waals surface area contributed by atoms with Gasteiger partial charge >= 0.3 is 0 Å². The maximum atomic E-state index is 14.7. The van der Waals surface area contributed by atoms with Crippen molar-refractivity contribution in [2.75, 3.05) is 10.8 Å². The lowest BCUT2D eigenvalue weighted by Gasteiger charge is -2.34. The summed E-state index contributed by atoms with van der Waals surface area (Å²) in [4.78, 5) is 30.2. The molecular weight excluding hydrogens is 653 g/mol. The van der Waals surface area contributed by atoms with Crippen LogP contribution in [0.2, 0.25) is 10.0 Å². The predicted molar refractivity (Wildman–Crippen MR) is 190 cm³/mol. The van der Waals surface area contributed by atoms with Gasteiger partial charge in [0, 0.05) is 19.0 Å². The Morgan fingerprint density at radius 1 is 0.809 bits per heavy atom. The molecule has 0 bridgehead atoms. The number of carbonyl (C=O) groups excluding carboxylic acids is 2. The van der Waals surface area contributed by atoms with Gasteiger partial charge in [0.15, 0.2) is 0 Å². The average Bonchev–Trinajstić information content (AvgIpc) is 3.04. The highest BCUT2D eigenvalue weighted by atomic mass is 35.5. The van der Waals surface area contributed by atoms with Crippen LogP contribution in [0.3, 0.4) is 0 Å². The van der Waals surface area contributed by atoms with Gasteiger partial charge in [0.2, 0.25) is 11.8 Å². The molecular formula is C37H41Cl2N3O4S. The molecule has 0 unspecified atom stereocenters. The summed E-state index contributed by atoms with van der Waals surface area (Å²) in [6, 6.07) is 25.4. The zero-order chi connectivity index (χ0) is 34.3. The molecule has 4 aromatic carbocycles. The minimum atomic E-state index is -4.20. The first-order valence-electron chi connectivity index (χ1n) is 15.5. The third kappa shape index (κ3) is 9.15. The lowest BCUT2D eigenvalue weighted by atomic mass is 10.0. The molecule has 0 aliphatic rings. The molecule has 0 aliphatic heterocycles. The van der Waals surface area contributed by atoms with Crippen LogP contribution in [0.5, 0.6) is 0 Å². The van der Waals surface area contributed by atoms with Gasteiger partial charge in [-0.3, -0.25) is 13.9 Å². The topological polar surface area (TPSA) is 86.8 Å². The van der Waals surface area contributed by atoms with Crippen molar-refractivity contribution in [3.63, 3.8) is 0 Å². The summed E-state index contributed by atoms with van der Waals surface area (Å²) in [5, 5.41) is 3.70. The Morgan fingerprint density at radius 2 is 1.47 bits per heavy atom. The van der Waals surface area contributed by atoms with Crippen LogP contribution in [0.1, 0.15) is 48.1 Å². The summed E-state index contributed by atoms with van der Waals surface area (Å²) < 4.78 is 29.8. The van der Waals surface area contributed by atoms with E-state index >= 15 is 0 Å². The quantitative estimate of drug-likeness (QED) is 0.156. The fourth-order valence-corrected chi connectivity index (χ4v) is 6.96. The first-order chi connectivity index (χ1) is 22.3. The highest BCUT2D eigenvalue weighted by molar-refractivity contribution is 7.92. The van der Waals surface area contributed by atoms with Gasteiger partial charge in [-0.25, -0.2) is 8.42 Å². The molecule has 0 aromatic heterocycles. The number of rotatable bonds is 13. The molecule has 2 amide bonds. The van der Waals surface area contributed by atoms with Crippen molar-refractivity contribution in [3.05, 3.63) is 129 Å². The Hall–Kier alpha value is -3.85. The second kappa shape index (κ2) is 15.8. The number of aryl methyl sites for hydroxylation is 3. The van der Waals surface area contributed by atoms with E-state index in [0.29, 0.717) is 33.3 Å². The molecule has 47 heavy (non-hydrogen) atoms. The van der Waals surface area contributed by atoms with E-state index in [1.165, 1.54) is 4.90 Å². The van der Waals surface area contributed by atoms with E-state index in [4.69, 9.17) is 23.2 Å². The van der Waals surface area contributed by atoms with E-state index in [0.717, 1.165) is 21.0 Å². The lowest BCUT2D eigenvalue weighted by molar-refractivity contribution is -0.140. The summed E-state index contributed by atoms with van der Waals surface area (Å²) in [5.74, 6) is -0.885. The summed E-state index contributed by atoms with van der Waals surface area (Å²) in [7, 11) is -4.20.